The summed E-state index contributed by atoms with van der Waals surface area (Å²) in [7, 11) is -3.36. The summed E-state index contributed by atoms with van der Waals surface area (Å²) in [4.78, 5) is 80.3. The van der Waals surface area contributed by atoms with Gasteiger partial charge in [-0.2, -0.15) is 0 Å². The predicted octanol–water partition coefficient (Wildman–Crippen LogP) is 6.75. The van der Waals surface area contributed by atoms with Crippen LogP contribution >= 0.6 is 23.5 Å². The van der Waals surface area contributed by atoms with Crippen LogP contribution in [0, 0.1) is 11.3 Å². The van der Waals surface area contributed by atoms with Gasteiger partial charge in [0.2, 0.25) is 45.5 Å². The van der Waals surface area contributed by atoms with Crippen molar-refractivity contribution in [1.29, 1.82) is 0 Å². The first-order valence-corrected chi connectivity index (χ1v) is 33.5. The van der Waals surface area contributed by atoms with E-state index in [4.69, 9.17) is 0 Å². The van der Waals surface area contributed by atoms with Gasteiger partial charge in [0.05, 0.1) is 24.8 Å². The lowest BCUT2D eigenvalue weighted by Crippen LogP contribution is -2.57. The number of likely N-dealkylation sites (tertiary alicyclic amines) is 1. The van der Waals surface area contributed by atoms with E-state index in [0.717, 1.165) is 116 Å². The van der Waals surface area contributed by atoms with E-state index in [2.05, 4.69) is 86.6 Å². The molecule has 21 heteroatoms. The molecule has 6 amide bonds. The highest BCUT2D eigenvalue weighted by atomic mass is 32.2. The SMILES string of the molecule is CC1NCSC1c1ccc(CNC(=O)[C@@H]2C[C@@H](O)CN2C(=O)[C@@H](NC(=O)CCCCCCCCCCCCCC(=O)NCc2cccc(-c3cccc(C4CSC(NC(=O)CNC(=O)C5CCN(S(C)(=O)=O)C5)N4)c3)c2)C(C)(C)C)cc1. The number of sulfonamides is 1. The molecular weight excluding hydrogens is 1100 g/mol. The van der Waals surface area contributed by atoms with Crippen molar-refractivity contribution in [1.82, 2.24) is 46.4 Å². The van der Waals surface area contributed by atoms with E-state index in [1.165, 1.54) is 14.8 Å². The summed E-state index contributed by atoms with van der Waals surface area (Å²) in [5.41, 5.74) is 5.46. The Labute approximate surface area is 494 Å². The predicted molar refractivity (Wildman–Crippen MR) is 325 cm³/mol. The topological polar surface area (TPSA) is 247 Å². The molecule has 3 aromatic rings. The number of hydrogen-bond acceptors (Lipinski definition) is 13. The number of aliphatic hydroxyl groups excluding tert-OH is 1. The van der Waals surface area contributed by atoms with Crippen molar-refractivity contribution >= 4 is 69.0 Å². The standard InChI is InChI=1S/C61H89N9O9S3/c1-41-55(81-40-65-41)44-27-25-42(26-28-44)34-63-58(76)51-33-49(71)38-70(51)59(77)56(61(2,3)4)67-53(73)24-16-14-12-10-8-6-7-9-11-13-15-23-52(72)62-35-43-19-17-20-45(31-43)46-21-18-22-47(32-46)50-39-80-60(66-50)68-54(74)36-64-57(75)48-29-30-69(37-48)82(5,78)79/h17-22,25-28,31-32,41,48-51,55-56,60,65-66,71H,6-16,23-24,29-30,33-40H2,1-5H3,(H,62,72)(H,63,76)(H,64,75)(H,67,73)(H,68,74)/t41?,48?,49-,50?,51+,55?,56-,60?/m1/s1. The molecule has 4 aliphatic heterocycles. The molecule has 4 saturated heterocycles. The van der Waals surface area contributed by atoms with Crippen molar-refractivity contribution in [2.45, 2.75) is 178 Å². The lowest BCUT2D eigenvalue weighted by atomic mass is 9.85. The molecule has 5 unspecified atom stereocenters. The average Bonchev–Trinajstić information content (AvgIpc) is 4.33. The molecule has 450 valence electrons. The maximum Gasteiger partial charge on any atom is 0.246 e. The van der Waals surface area contributed by atoms with Crippen LogP contribution in [0.2, 0.25) is 0 Å². The fraction of sp³-hybridized carbons (Fsp3) is 0.607. The Kier molecular flexibility index (Phi) is 24.6. The summed E-state index contributed by atoms with van der Waals surface area (Å²) in [5, 5.41) is 32.6. The van der Waals surface area contributed by atoms with Gasteiger partial charge in [0, 0.05) is 80.9 Å². The van der Waals surface area contributed by atoms with Crippen molar-refractivity contribution in [3.8, 4) is 11.1 Å². The lowest BCUT2D eigenvalue weighted by molar-refractivity contribution is -0.144. The van der Waals surface area contributed by atoms with Gasteiger partial charge in [0.15, 0.2) is 0 Å². The van der Waals surface area contributed by atoms with Gasteiger partial charge < -0.3 is 41.9 Å². The number of β-amino-alcohol motifs (C(OH)–C–C–N with tert-alkyl or cyclic N) is 1. The van der Waals surface area contributed by atoms with Gasteiger partial charge in [0.1, 0.15) is 17.6 Å². The fourth-order valence-corrected chi connectivity index (χ4v) is 14.4. The summed E-state index contributed by atoms with van der Waals surface area (Å²) in [5.74, 6) is -0.250. The van der Waals surface area contributed by atoms with E-state index in [1.54, 1.807) is 11.8 Å². The van der Waals surface area contributed by atoms with E-state index in [0.29, 0.717) is 50.2 Å². The second-order valence-electron chi connectivity index (χ2n) is 23.8. The summed E-state index contributed by atoms with van der Waals surface area (Å²) >= 11 is 3.46. The zero-order valence-corrected chi connectivity index (χ0v) is 51.1. The van der Waals surface area contributed by atoms with Crippen molar-refractivity contribution in [3.63, 3.8) is 0 Å². The molecule has 0 aromatic heterocycles. The van der Waals surface area contributed by atoms with Crippen molar-refractivity contribution in [3.05, 3.63) is 95.1 Å². The van der Waals surface area contributed by atoms with Crippen LogP contribution in [0.15, 0.2) is 72.8 Å². The monoisotopic (exact) mass is 1190 g/mol. The van der Waals surface area contributed by atoms with Crippen LogP contribution in [0.5, 0.6) is 0 Å². The molecule has 4 fully saturated rings. The van der Waals surface area contributed by atoms with Crippen LogP contribution in [0.4, 0.5) is 0 Å². The molecule has 0 spiro atoms. The molecular formula is C61H89N9O9S3. The fourth-order valence-electron chi connectivity index (χ4n) is 11.1. The molecule has 18 nitrogen and oxygen atoms in total. The third kappa shape index (κ3) is 19.8. The van der Waals surface area contributed by atoms with Gasteiger partial charge in [0.25, 0.3) is 0 Å². The van der Waals surface area contributed by atoms with Gasteiger partial charge in [-0.15, -0.1) is 23.5 Å². The van der Waals surface area contributed by atoms with E-state index >= 15 is 0 Å². The Balaban J connectivity index is 0.700. The third-order valence-electron chi connectivity index (χ3n) is 16.0. The number of nitrogens with one attached hydrogen (secondary N) is 7. The Morgan fingerprint density at radius 3 is 1.99 bits per heavy atom. The van der Waals surface area contributed by atoms with Gasteiger partial charge in [-0.05, 0) is 77.1 Å². The first-order chi connectivity index (χ1) is 39.2. The number of hydrogen-bond donors (Lipinski definition) is 8. The number of aliphatic hydroxyl groups is 1. The van der Waals surface area contributed by atoms with Crippen LogP contribution in [-0.2, 0) is 51.9 Å². The first kappa shape index (κ1) is 64.5. The molecule has 8 N–H and O–H groups in total. The quantitative estimate of drug-likeness (QED) is 0.0336. The number of thioether (sulfide) groups is 2. The summed E-state index contributed by atoms with van der Waals surface area (Å²) in [6, 6.07) is 23.4. The van der Waals surface area contributed by atoms with E-state index in [1.807, 2.05) is 62.9 Å². The minimum Gasteiger partial charge on any atom is -0.391 e. The highest BCUT2D eigenvalue weighted by Gasteiger charge is 2.44. The molecule has 8 atom stereocenters. The minimum absolute atomic E-state index is 0.00123. The van der Waals surface area contributed by atoms with Crippen LogP contribution in [0.25, 0.3) is 11.1 Å². The maximum absolute atomic E-state index is 14.0. The molecule has 4 aliphatic rings. The second-order valence-corrected chi connectivity index (χ2v) is 28.0. The zero-order valence-electron chi connectivity index (χ0n) is 48.6. The number of nitrogens with zero attached hydrogens (tertiary/aromatic N) is 2. The number of rotatable bonds is 29. The molecule has 0 radical (unpaired) electrons. The number of carbonyl (C=O) groups is 6. The molecule has 0 bridgehead atoms. The highest BCUT2D eigenvalue weighted by Crippen LogP contribution is 2.36. The summed E-state index contributed by atoms with van der Waals surface area (Å²) in [6.07, 6.45) is 13.1. The Morgan fingerprint density at radius 1 is 0.720 bits per heavy atom. The highest BCUT2D eigenvalue weighted by molar-refractivity contribution is 8.00. The Bertz CT molecular complexity index is 2750. The summed E-state index contributed by atoms with van der Waals surface area (Å²) < 4.78 is 24.9. The van der Waals surface area contributed by atoms with E-state index in [-0.39, 0.29) is 73.0 Å². The molecule has 4 heterocycles. The molecule has 7 rings (SSSR count). The normalized spacial score (nSPS) is 22.4. The number of carbonyl (C=O) groups excluding carboxylic acids is 6. The van der Waals surface area contributed by atoms with Gasteiger partial charge in [-0.25, -0.2) is 12.7 Å². The molecule has 3 aromatic carbocycles. The van der Waals surface area contributed by atoms with Crippen molar-refractivity contribution in [2.24, 2.45) is 11.3 Å². The zero-order chi connectivity index (χ0) is 58.8. The Morgan fingerprint density at radius 2 is 1.35 bits per heavy atom. The minimum atomic E-state index is -3.36. The van der Waals surface area contributed by atoms with E-state index in [9.17, 15) is 42.3 Å². The number of benzene rings is 3. The van der Waals surface area contributed by atoms with Crippen molar-refractivity contribution in [2.75, 3.05) is 44.1 Å². The number of unbranched alkanes of at least 4 members (excludes halogenated alkanes) is 10. The van der Waals surface area contributed by atoms with Crippen LogP contribution in [-0.4, -0.2) is 132 Å². The van der Waals surface area contributed by atoms with Crippen LogP contribution in [0.1, 0.15) is 158 Å². The summed E-state index contributed by atoms with van der Waals surface area (Å²) in [6.45, 7) is 8.93. The van der Waals surface area contributed by atoms with E-state index < -0.39 is 39.5 Å². The van der Waals surface area contributed by atoms with Gasteiger partial charge in [-0.3, -0.25) is 34.1 Å². The molecule has 82 heavy (non-hydrogen) atoms. The first-order valence-electron chi connectivity index (χ1n) is 29.6. The van der Waals surface area contributed by atoms with Gasteiger partial charge in [-0.1, -0.05) is 139 Å². The molecule has 0 saturated carbocycles. The Hall–Kier alpha value is -5.03. The maximum atomic E-state index is 14.0. The van der Waals surface area contributed by atoms with Crippen LogP contribution in [0.3, 0.4) is 0 Å². The largest absolute Gasteiger partial charge is 0.391 e. The smallest absolute Gasteiger partial charge is 0.246 e. The second kappa shape index (κ2) is 31.2. The number of amides is 6. The lowest BCUT2D eigenvalue weighted by Gasteiger charge is -2.35. The third-order valence-corrected chi connectivity index (χ3v) is 19.8. The van der Waals surface area contributed by atoms with Crippen LogP contribution < -0.4 is 37.2 Å². The average molecular weight is 1190 g/mol. The van der Waals surface area contributed by atoms with Crippen molar-refractivity contribution < 1.29 is 42.3 Å². The van der Waals surface area contributed by atoms with Gasteiger partial charge >= 0.3 is 0 Å². The molecule has 0 aliphatic carbocycles.